The summed E-state index contributed by atoms with van der Waals surface area (Å²) in [6.07, 6.45) is 7.03. The van der Waals surface area contributed by atoms with Gasteiger partial charge >= 0.3 is 5.97 Å². The van der Waals surface area contributed by atoms with Crippen molar-refractivity contribution >= 4 is 5.97 Å². The zero-order valence-electron chi connectivity index (χ0n) is 19.9. The SMILES string of the molecule is C=CC(=O)OCc1cc(CCCCC)ccc1-c1ccc(-c2ccc(CCCO)cc2)c(F)c1. The van der Waals surface area contributed by atoms with Crippen molar-refractivity contribution in [3.63, 3.8) is 0 Å². The summed E-state index contributed by atoms with van der Waals surface area (Å²) in [5.41, 5.74) is 6.08. The van der Waals surface area contributed by atoms with Crippen LogP contribution in [0.25, 0.3) is 22.3 Å². The Bertz CT molecular complexity index is 1100. The Labute approximate surface area is 201 Å². The summed E-state index contributed by atoms with van der Waals surface area (Å²) >= 11 is 0. The van der Waals surface area contributed by atoms with Crippen LogP contribution in [0.2, 0.25) is 0 Å². The maximum Gasteiger partial charge on any atom is 0.330 e. The van der Waals surface area contributed by atoms with E-state index < -0.39 is 5.97 Å². The molecular weight excluding hydrogens is 427 g/mol. The largest absolute Gasteiger partial charge is 0.458 e. The van der Waals surface area contributed by atoms with Crippen LogP contribution in [0.5, 0.6) is 0 Å². The highest BCUT2D eigenvalue weighted by molar-refractivity contribution is 5.81. The molecule has 0 saturated heterocycles. The van der Waals surface area contributed by atoms with E-state index in [1.165, 1.54) is 5.56 Å². The van der Waals surface area contributed by atoms with Crippen molar-refractivity contribution in [1.29, 1.82) is 0 Å². The molecule has 3 aromatic rings. The molecule has 0 heterocycles. The molecule has 0 aliphatic rings. The molecule has 0 fully saturated rings. The Hall–Kier alpha value is -3.24. The van der Waals surface area contributed by atoms with Gasteiger partial charge in [-0.2, -0.15) is 0 Å². The van der Waals surface area contributed by atoms with Gasteiger partial charge in [-0.05, 0) is 65.1 Å². The van der Waals surface area contributed by atoms with Crippen molar-refractivity contribution in [2.24, 2.45) is 0 Å². The van der Waals surface area contributed by atoms with Crippen LogP contribution in [0.1, 0.15) is 49.3 Å². The van der Waals surface area contributed by atoms with E-state index in [-0.39, 0.29) is 19.0 Å². The fourth-order valence-corrected chi connectivity index (χ4v) is 4.04. The lowest BCUT2D eigenvalue weighted by Gasteiger charge is -2.14. The quantitative estimate of drug-likeness (QED) is 0.179. The van der Waals surface area contributed by atoms with Crippen LogP contribution in [0.15, 0.2) is 73.3 Å². The summed E-state index contributed by atoms with van der Waals surface area (Å²) in [5, 5.41) is 8.99. The van der Waals surface area contributed by atoms with Gasteiger partial charge in [0.1, 0.15) is 12.4 Å². The number of rotatable bonds is 12. The third kappa shape index (κ3) is 6.88. The highest BCUT2D eigenvalue weighted by Gasteiger charge is 2.12. The number of carbonyl (C=O) groups is 1. The average Bonchev–Trinajstić information content (AvgIpc) is 2.86. The minimum atomic E-state index is -0.480. The van der Waals surface area contributed by atoms with Crippen LogP contribution in [0.3, 0.4) is 0 Å². The van der Waals surface area contributed by atoms with Crippen molar-refractivity contribution in [2.75, 3.05) is 6.61 Å². The van der Waals surface area contributed by atoms with E-state index in [0.717, 1.165) is 66.0 Å². The van der Waals surface area contributed by atoms with Crippen LogP contribution in [0.4, 0.5) is 4.39 Å². The van der Waals surface area contributed by atoms with Crippen LogP contribution >= 0.6 is 0 Å². The number of ether oxygens (including phenoxy) is 1. The summed E-state index contributed by atoms with van der Waals surface area (Å²) in [4.78, 5) is 11.7. The van der Waals surface area contributed by atoms with E-state index in [1.807, 2.05) is 36.4 Å². The second-order valence-corrected chi connectivity index (χ2v) is 8.48. The molecular formula is C30H33FO3. The summed E-state index contributed by atoms with van der Waals surface area (Å²) in [6.45, 7) is 5.90. The lowest BCUT2D eigenvalue weighted by Crippen LogP contribution is -2.03. The van der Waals surface area contributed by atoms with Gasteiger partial charge in [-0.1, -0.05) is 80.9 Å². The molecule has 3 rings (SSSR count). The Balaban J connectivity index is 1.87. The highest BCUT2D eigenvalue weighted by atomic mass is 19.1. The number of hydrogen-bond donors (Lipinski definition) is 1. The maximum absolute atomic E-state index is 15.2. The Morgan fingerprint density at radius 3 is 2.26 bits per heavy atom. The van der Waals surface area contributed by atoms with Crippen molar-refractivity contribution in [3.05, 3.63) is 95.8 Å². The minimum Gasteiger partial charge on any atom is -0.458 e. The van der Waals surface area contributed by atoms with Crippen LogP contribution in [-0.4, -0.2) is 17.7 Å². The van der Waals surface area contributed by atoms with Crippen LogP contribution < -0.4 is 0 Å². The number of halogens is 1. The standard InChI is InChI=1S/C30H33FO3/c1-3-5-6-8-23-12-16-27(26(19-23)21-34-30(33)4-2)25-15-17-28(29(31)20-25)24-13-10-22(11-14-24)9-7-18-32/h4,10-17,19-20,32H,2-3,5-9,18,21H2,1H3. The smallest absolute Gasteiger partial charge is 0.330 e. The first kappa shape index (κ1) is 25.4. The lowest BCUT2D eigenvalue weighted by atomic mass is 9.94. The van der Waals surface area contributed by atoms with Gasteiger partial charge in [0.2, 0.25) is 0 Å². The number of aryl methyl sites for hydroxylation is 2. The number of hydrogen-bond acceptors (Lipinski definition) is 3. The zero-order valence-corrected chi connectivity index (χ0v) is 19.9. The van der Waals surface area contributed by atoms with Gasteiger partial charge in [-0.3, -0.25) is 0 Å². The van der Waals surface area contributed by atoms with E-state index >= 15 is 4.39 Å². The fourth-order valence-electron chi connectivity index (χ4n) is 4.04. The minimum absolute atomic E-state index is 0.112. The molecule has 0 aliphatic carbocycles. The molecule has 0 aliphatic heterocycles. The normalized spacial score (nSPS) is 10.8. The van der Waals surface area contributed by atoms with Crippen LogP contribution in [-0.2, 0) is 29.0 Å². The monoisotopic (exact) mass is 460 g/mol. The lowest BCUT2D eigenvalue weighted by molar-refractivity contribution is -0.138. The predicted molar refractivity (Wildman–Crippen MR) is 136 cm³/mol. The molecule has 0 unspecified atom stereocenters. The molecule has 0 amide bonds. The summed E-state index contributed by atoms with van der Waals surface area (Å²) < 4.78 is 20.5. The van der Waals surface area contributed by atoms with Crippen molar-refractivity contribution in [3.8, 4) is 22.3 Å². The Morgan fingerprint density at radius 1 is 0.912 bits per heavy atom. The van der Waals surface area contributed by atoms with Crippen LogP contribution in [0, 0.1) is 5.82 Å². The van der Waals surface area contributed by atoms with Crippen molar-refractivity contribution in [1.82, 2.24) is 0 Å². The van der Waals surface area contributed by atoms with Gasteiger partial charge in [-0.15, -0.1) is 0 Å². The molecule has 0 aromatic heterocycles. The molecule has 0 spiro atoms. The molecule has 0 radical (unpaired) electrons. The summed E-state index contributed by atoms with van der Waals surface area (Å²) in [5.74, 6) is -0.784. The molecule has 3 aromatic carbocycles. The molecule has 3 nitrogen and oxygen atoms in total. The average molecular weight is 461 g/mol. The van der Waals surface area contributed by atoms with Crippen molar-refractivity contribution < 1.29 is 19.0 Å². The topological polar surface area (TPSA) is 46.5 Å². The predicted octanol–water partition coefficient (Wildman–Crippen LogP) is 7.05. The summed E-state index contributed by atoms with van der Waals surface area (Å²) in [7, 11) is 0. The number of unbranched alkanes of at least 4 members (excludes halogenated alkanes) is 2. The molecule has 0 bridgehead atoms. The Kier molecular flexibility index (Phi) is 9.60. The first-order valence-corrected chi connectivity index (χ1v) is 12.0. The van der Waals surface area contributed by atoms with Gasteiger partial charge in [0, 0.05) is 18.2 Å². The summed E-state index contributed by atoms with van der Waals surface area (Å²) in [6, 6.07) is 19.1. The molecule has 1 N–H and O–H groups in total. The first-order chi connectivity index (χ1) is 16.5. The third-order valence-electron chi connectivity index (χ3n) is 5.94. The van der Waals surface area contributed by atoms with Gasteiger partial charge in [-0.25, -0.2) is 9.18 Å². The van der Waals surface area contributed by atoms with Gasteiger partial charge in [0.25, 0.3) is 0 Å². The third-order valence-corrected chi connectivity index (χ3v) is 5.94. The number of benzene rings is 3. The molecule has 0 atom stereocenters. The van der Waals surface area contributed by atoms with Gasteiger partial charge < -0.3 is 9.84 Å². The highest BCUT2D eigenvalue weighted by Crippen LogP contribution is 2.31. The Morgan fingerprint density at radius 2 is 1.59 bits per heavy atom. The van der Waals surface area contributed by atoms with E-state index in [4.69, 9.17) is 9.84 Å². The van der Waals surface area contributed by atoms with E-state index in [0.29, 0.717) is 12.0 Å². The van der Waals surface area contributed by atoms with Gasteiger partial charge in [0.05, 0.1) is 0 Å². The molecule has 0 saturated carbocycles. The van der Waals surface area contributed by atoms with Gasteiger partial charge in [0.15, 0.2) is 0 Å². The number of carbonyl (C=O) groups excluding carboxylic acids is 1. The fraction of sp³-hybridized carbons (Fsp3) is 0.300. The van der Waals surface area contributed by atoms with E-state index in [2.05, 4.69) is 25.6 Å². The van der Waals surface area contributed by atoms with Crippen molar-refractivity contribution in [2.45, 2.75) is 52.1 Å². The second kappa shape index (κ2) is 12.9. The number of esters is 1. The van der Waals surface area contributed by atoms with E-state index in [9.17, 15) is 4.79 Å². The van der Waals surface area contributed by atoms with E-state index in [1.54, 1.807) is 12.1 Å². The first-order valence-electron chi connectivity index (χ1n) is 12.0. The number of aliphatic hydroxyl groups is 1. The zero-order chi connectivity index (χ0) is 24.3. The second-order valence-electron chi connectivity index (χ2n) is 8.48. The maximum atomic E-state index is 15.2. The molecule has 178 valence electrons. The molecule has 4 heteroatoms. The number of aliphatic hydroxyl groups excluding tert-OH is 1. The molecule has 34 heavy (non-hydrogen) atoms.